The average molecular weight is 230 g/mol. The molecule has 4 heteroatoms. The molecule has 0 unspecified atom stereocenters. The van der Waals surface area contributed by atoms with Crippen LogP contribution in [0, 0.1) is 6.92 Å². The van der Waals surface area contributed by atoms with Gasteiger partial charge in [0, 0.05) is 19.8 Å². The highest BCUT2D eigenvalue weighted by atomic mass is 35.5. The summed E-state index contributed by atoms with van der Waals surface area (Å²) in [5.74, 6) is 0.698. The second-order valence-electron chi connectivity index (χ2n) is 3.39. The van der Waals surface area contributed by atoms with Gasteiger partial charge >= 0.3 is 0 Å². The minimum atomic E-state index is 0.531. The smallest absolute Gasteiger partial charge is 0.137 e. The fourth-order valence-corrected chi connectivity index (χ4v) is 1.71. The normalized spacial score (nSPS) is 10.2. The fraction of sp³-hybridized carbons (Fsp3) is 0.455. The minimum absolute atomic E-state index is 0.531. The Balaban J connectivity index is 3.04. The Hall–Kier alpha value is -0.930. The van der Waals surface area contributed by atoms with E-state index in [-0.39, 0.29) is 0 Å². The lowest BCUT2D eigenvalue weighted by Crippen LogP contribution is -2.20. The van der Waals surface area contributed by atoms with Gasteiger partial charge in [-0.2, -0.15) is 0 Å². The van der Waals surface area contributed by atoms with Crippen molar-refractivity contribution in [2.75, 3.05) is 32.9 Å². The van der Waals surface area contributed by atoms with E-state index in [0.717, 1.165) is 11.3 Å². The largest absolute Gasteiger partial charge is 0.495 e. The second-order valence-corrected chi connectivity index (χ2v) is 3.80. The highest BCUT2D eigenvalue weighted by Gasteiger charge is 2.09. The van der Waals surface area contributed by atoms with Crippen LogP contribution in [0.15, 0.2) is 12.1 Å². The molecule has 1 rings (SSSR count). The summed E-state index contributed by atoms with van der Waals surface area (Å²) in [6, 6.07) is 3.80. The first kappa shape index (κ1) is 12.1. The molecule has 0 aliphatic heterocycles. The molecule has 0 N–H and O–H groups in total. The lowest BCUT2D eigenvalue weighted by Gasteiger charge is -2.21. The molecule has 1 aromatic rings. The van der Waals surface area contributed by atoms with Gasteiger partial charge in [0.05, 0.1) is 12.1 Å². The molecule has 0 atom stereocenters. The second kappa shape index (κ2) is 5.24. The van der Waals surface area contributed by atoms with E-state index in [4.69, 9.17) is 21.1 Å². The van der Waals surface area contributed by atoms with Crippen LogP contribution in [0.4, 0.5) is 5.69 Å². The summed E-state index contributed by atoms with van der Waals surface area (Å²) in [4.78, 5) is 1.99. The molecule has 0 aliphatic carbocycles. The quantitative estimate of drug-likeness (QED) is 0.741. The Kier molecular flexibility index (Phi) is 4.24. The lowest BCUT2D eigenvalue weighted by atomic mass is 10.2. The average Bonchev–Trinajstić information content (AvgIpc) is 2.21. The minimum Gasteiger partial charge on any atom is -0.495 e. The summed E-state index contributed by atoms with van der Waals surface area (Å²) >= 11 is 6.05. The molecule has 0 spiro atoms. The van der Waals surface area contributed by atoms with Gasteiger partial charge in [-0.3, -0.25) is 0 Å². The topological polar surface area (TPSA) is 21.7 Å². The van der Waals surface area contributed by atoms with Crippen LogP contribution in [-0.4, -0.2) is 28.0 Å². The highest BCUT2D eigenvalue weighted by molar-refractivity contribution is 6.32. The van der Waals surface area contributed by atoms with Crippen molar-refractivity contribution in [1.82, 2.24) is 0 Å². The van der Waals surface area contributed by atoms with Crippen molar-refractivity contribution < 1.29 is 9.47 Å². The van der Waals surface area contributed by atoms with Crippen LogP contribution in [0.25, 0.3) is 0 Å². The highest BCUT2D eigenvalue weighted by Crippen LogP contribution is 2.32. The fourth-order valence-electron chi connectivity index (χ4n) is 1.48. The van der Waals surface area contributed by atoms with E-state index in [1.807, 2.05) is 31.0 Å². The zero-order valence-electron chi connectivity index (χ0n) is 9.50. The third kappa shape index (κ3) is 2.76. The molecule has 0 radical (unpaired) electrons. The molecule has 0 saturated carbocycles. The van der Waals surface area contributed by atoms with Gasteiger partial charge in [-0.25, -0.2) is 0 Å². The van der Waals surface area contributed by atoms with Crippen molar-refractivity contribution in [2.45, 2.75) is 6.92 Å². The Morgan fingerprint density at radius 3 is 2.53 bits per heavy atom. The first-order valence-corrected chi connectivity index (χ1v) is 5.02. The monoisotopic (exact) mass is 229 g/mol. The van der Waals surface area contributed by atoms with Crippen molar-refractivity contribution in [3.8, 4) is 5.75 Å². The molecule has 0 fully saturated rings. The molecule has 0 bridgehead atoms. The van der Waals surface area contributed by atoms with Crippen molar-refractivity contribution in [2.24, 2.45) is 0 Å². The predicted octanol–water partition coefficient (Wildman–Crippen LogP) is 2.70. The summed E-state index contributed by atoms with van der Waals surface area (Å²) in [5.41, 5.74) is 2.15. The van der Waals surface area contributed by atoms with E-state index in [0.29, 0.717) is 17.5 Å². The maximum atomic E-state index is 6.05. The molecule has 0 aliphatic rings. The van der Waals surface area contributed by atoms with E-state index in [2.05, 4.69) is 0 Å². The number of rotatable bonds is 4. The van der Waals surface area contributed by atoms with Crippen molar-refractivity contribution in [3.05, 3.63) is 22.7 Å². The van der Waals surface area contributed by atoms with Crippen LogP contribution in [0.2, 0.25) is 5.02 Å². The standard InChI is InChI=1S/C11H16ClNO2/c1-8-5-11(15-4)9(12)6-10(8)13(2)7-14-3/h5-6H,7H2,1-4H3. The van der Waals surface area contributed by atoms with Gasteiger partial charge in [0.1, 0.15) is 12.5 Å². The Morgan fingerprint density at radius 1 is 1.33 bits per heavy atom. The number of hydrogen-bond acceptors (Lipinski definition) is 3. The van der Waals surface area contributed by atoms with Gasteiger partial charge in [-0.1, -0.05) is 11.6 Å². The van der Waals surface area contributed by atoms with Crippen LogP contribution in [0.3, 0.4) is 0 Å². The molecule has 0 heterocycles. The molecular formula is C11H16ClNO2. The third-order valence-electron chi connectivity index (χ3n) is 2.20. The van der Waals surface area contributed by atoms with Crippen molar-refractivity contribution >= 4 is 17.3 Å². The van der Waals surface area contributed by atoms with Gasteiger partial charge in [0.2, 0.25) is 0 Å². The molecular weight excluding hydrogens is 214 g/mol. The number of anilines is 1. The van der Waals surface area contributed by atoms with E-state index in [1.54, 1.807) is 14.2 Å². The maximum Gasteiger partial charge on any atom is 0.137 e. The number of halogens is 1. The van der Waals surface area contributed by atoms with Crippen molar-refractivity contribution in [1.29, 1.82) is 0 Å². The van der Waals surface area contributed by atoms with Gasteiger partial charge < -0.3 is 14.4 Å². The molecule has 15 heavy (non-hydrogen) atoms. The summed E-state index contributed by atoms with van der Waals surface area (Å²) in [5, 5.41) is 0.612. The first-order valence-electron chi connectivity index (χ1n) is 4.64. The van der Waals surface area contributed by atoms with E-state index in [9.17, 15) is 0 Å². The number of methoxy groups -OCH3 is 2. The van der Waals surface area contributed by atoms with Gasteiger partial charge in [0.15, 0.2) is 0 Å². The Bertz CT molecular complexity index is 342. The number of ether oxygens (including phenoxy) is 2. The van der Waals surface area contributed by atoms with E-state index in [1.165, 1.54) is 0 Å². The summed E-state index contributed by atoms with van der Waals surface area (Å²) < 4.78 is 10.2. The number of nitrogens with zero attached hydrogens (tertiary/aromatic N) is 1. The van der Waals surface area contributed by atoms with Gasteiger partial charge in [-0.05, 0) is 24.6 Å². The maximum absolute atomic E-state index is 6.05. The van der Waals surface area contributed by atoms with E-state index < -0.39 is 0 Å². The van der Waals surface area contributed by atoms with E-state index >= 15 is 0 Å². The molecule has 0 amide bonds. The molecule has 84 valence electrons. The summed E-state index contributed by atoms with van der Waals surface area (Å²) in [6.45, 7) is 2.55. The molecule has 0 aromatic heterocycles. The zero-order valence-corrected chi connectivity index (χ0v) is 10.3. The Morgan fingerprint density at radius 2 is 2.00 bits per heavy atom. The summed E-state index contributed by atoms with van der Waals surface area (Å²) in [7, 11) is 5.23. The molecule has 1 aromatic carbocycles. The predicted molar refractivity (Wildman–Crippen MR) is 63.0 cm³/mol. The lowest BCUT2D eigenvalue weighted by molar-refractivity contribution is 0.202. The van der Waals surface area contributed by atoms with Gasteiger partial charge in [-0.15, -0.1) is 0 Å². The third-order valence-corrected chi connectivity index (χ3v) is 2.50. The Labute approximate surface area is 95.5 Å². The van der Waals surface area contributed by atoms with Gasteiger partial charge in [0.25, 0.3) is 0 Å². The van der Waals surface area contributed by atoms with Crippen LogP contribution in [-0.2, 0) is 4.74 Å². The zero-order chi connectivity index (χ0) is 11.4. The molecule has 0 saturated heterocycles. The SMILES string of the molecule is COCN(C)c1cc(Cl)c(OC)cc1C. The number of benzene rings is 1. The van der Waals surface area contributed by atoms with Crippen molar-refractivity contribution in [3.63, 3.8) is 0 Å². The molecule has 3 nitrogen and oxygen atoms in total. The first-order chi connectivity index (χ1) is 7.10. The van der Waals surface area contributed by atoms with Crippen LogP contribution < -0.4 is 9.64 Å². The number of aryl methyl sites for hydroxylation is 1. The van der Waals surface area contributed by atoms with Crippen LogP contribution in [0.1, 0.15) is 5.56 Å². The number of hydrogen-bond donors (Lipinski definition) is 0. The summed E-state index contributed by atoms with van der Waals surface area (Å²) in [6.07, 6.45) is 0. The van der Waals surface area contributed by atoms with Crippen LogP contribution >= 0.6 is 11.6 Å². The van der Waals surface area contributed by atoms with Crippen LogP contribution in [0.5, 0.6) is 5.75 Å².